The summed E-state index contributed by atoms with van der Waals surface area (Å²) in [4.78, 5) is 19.7. The van der Waals surface area contributed by atoms with Crippen molar-refractivity contribution in [1.29, 1.82) is 0 Å². The number of halogens is 1. The molecule has 2 N–H and O–H groups in total. The lowest BCUT2D eigenvalue weighted by molar-refractivity contribution is -0.121. The number of aromatic amines is 1. The number of aryl methyl sites for hydroxylation is 1. The second-order valence-corrected chi connectivity index (χ2v) is 6.92. The topological polar surface area (TPSA) is 83.8 Å². The van der Waals surface area contributed by atoms with Crippen molar-refractivity contribution in [2.45, 2.75) is 19.3 Å². The molecule has 2 aromatic carbocycles. The summed E-state index contributed by atoms with van der Waals surface area (Å²) in [5.74, 6) is 0.951. The van der Waals surface area contributed by atoms with E-state index in [1.807, 2.05) is 54.7 Å². The van der Waals surface area contributed by atoms with E-state index < -0.39 is 0 Å². The Hall–Kier alpha value is -3.12. The van der Waals surface area contributed by atoms with Crippen LogP contribution in [0.4, 0.5) is 0 Å². The first-order valence-corrected chi connectivity index (χ1v) is 9.47. The minimum atomic E-state index is -0.0441. The predicted molar refractivity (Wildman–Crippen MR) is 108 cm³/mol. The lowest BCUT2D eigenvalue weighted by Gasteiger charge is -2.04. The molecule has 1 amide bonds. The van der Waals surface area contributed by atoms with Crippen molar-refractivity contribution >= 4 is 28.4 Å². The number of carbonyl (C=O) groups is 1. The van der Waals surface area contributed by atoms with E-state index in [-0.39, 0.29) is 5.91 Å². The zero-order valence-corrected chi connectivity index (χ0v) is 15.9. The lowest BCUT2D eigenvalue weighted by Crippen LogP contribution is -2.25. The maximum absolute atomic E-state index is 12.1. The summed E-state index contributed by atoms with van der Waals surface area (Å²) >= 11 is 6.07. The molecule has 4 aromatic rings. The molecule has 2 aromatic heterocycles. The van der Waals surface area contributed by atoms with Crippen molar-refractivity contribution in [1.82, 2.24) is 20.4 Å². The smallest absolute Gasteiger partial charge is 0.227 e. The van der Waals surface area contributed by atoms with Crippen LogP contribution < -0.4 is 5.32 Å². The van der Waals surface area contributed by atoms with Gasteiger partial charge >= 0.3 is 0 Å². The zero-order chi connectivity index (χ0) is 19.3. The molecule has 0 aliphatic carbocycles. The molecule has 0 aliphatic heterocycles. The number of hydrogen-bond donors (Lipinski definition) is 2. The highest BCUT2D eigenvalue weighted by atomic mass is 35.5. The van der Waals surface area contributed by atoms with E-state index in [9.17, 15) is 4.79 Å². The maximum Gasteiger partial charge on any atom is 0.227 e. The van der Waals surface area contributed by atoms with Gasteiger partial charge in [-0.3, -0.25) is 4.79 Å². The molecule has 4 rings (SSSR count). The second kappa shape index (κ2) is 8.27. The van der Waals surface area contributed by atoms with Crippen LogP contribution in [0.3, 0.4) is 0 Å². The van der Waals surface area contributed by atoms with E-state index in [1.54, 1.807) is 0 Å². The van der Waals surface area contributed by atoms with Gasteiger partial charge in [0.25, 0.3) is 0 Å². The van der Waals surface area contributed by atoms with E-state index in [0.717, 1.165) is 28.5 Å². The third-order valence-electron chi connectivity index (χ3n) is 4.51. The van der Waals surface area contributed by atoms with Crippen LogP contribution in [0.5, 0.6) is 0 Å². The van der Waals surface area contributed by atoms with Crippen LogP contribution >= 0.6 is 11.6 Å². The van der Waals surface area contributed by atoms with Gasteiger partial charge in [0.1, 0.15) is 0 Å². The normalized spacial score (nSPS) is 11.0. The van der Waals surface area contributed by atoms with Crippen LogP contribution in [0.2, 0.25) is 5.02 Å². The van der Waals surface area contributed by atoms with Crippen molar-refractivity contribution < 1.29 is 9.32 Å². The minimum absolute atomic E-state index is 0.0441. The molecule has 7 heteroatoms. The van der Waals surface area contributed by atoms with Crippen LogP contribution in [0.1, 0.15) is 17.9 Å². The van der Waals surface area contributed by atoms with Gasteiger partial charge in [-0.15, -0.1) is 0 Å². The van der Waals surface area contributed by atoms with Gasteiger partial charge in [-0.2, -0.15) is 4.98 Å². The van der Waals surface area contributed by atoms with Crippen molar-refractivity contribution in [2.24, 2.45) is 0 Å². The number of nitrogens with zero attached hydrogens (tertiary/aromatic N) is 2. The number of H-pyrrole nitrogens is 1. The summed E-state index contributed by atoms with van der Waals surface area (Å²) in [6.07, 6.45) is 3.39. The van der Waals surface area contributed by atoms with Gasteiger partial charge in [0, 0.05) is 47.1 Å². The molecule has 0 unspecified atom stereocenters. The summed E-state index contributed by atoms with van der Waals surface area (Å²) in [5.41, 5.74) is 3.05. The van der Waals surface area contributed by atoms with Gasteiger partial charge < -0.3 is 14.8 Å². The Morgan fingerprint density at radius 3 is 2.86 bits per heavy atom. The Morgan fingerprint density at radius 2 is 2.00 bits per heavy atom. The number of benzene rings is 2. The van der Waals surface area contributed by atoms with Gasteiger partial charge in [0.05, 0.1) is 0 Å². The Balaban J connectivity index is 1.26. The average molecular weight is 395 g/mol. The minimum Gasteiger partial charge on any atom is -0.361 e. The molecule has 0 fully saturated rings. The molecule has 2 heterocycles. The molecule has 0 saturated carbocycles. The Kier molecular flexibility index (Phi) is 5.39. The van der Waals surface area contributed by atoms with Gasteiger partial charge in [0.2, 0.25) is 17.6 Å². The fourth-order valence-electron chi connectivity index (χ4n) is 3.06. The van der Waals surface area contributed by atoms with Crippen molar-refractivity contribution in [3.63, 3.8) is 0 Å². The molecule has 142 valence electrons. The molecule has 0 atom stereocenters. The third-order valence-corrected chi connectivity index (χ3v) is 4.75. The number of rotatable bonds is 7. The number of amides is 1. The van der Waals surface area contributed by atoms with Crippen molar-refractivity contribution in [3.05, 3.63) is 71.2 Å². The molecule has 0 radical (unpaired) electrons. The van der Waals surface area contributed by atoms with E-state index in [4.69, 9.17) is 16.1 Å². The number of aromatic nitrogens is 3. The van der Waals surface area contributed by atoms with Crippen LogP contribution in [0.25, 0.3) is 22.3 Å². The maximum atomic E-state index is 12.1. The number of nitrogens with one attached hydrogen (secondary N) is 2. The highest BCUT2D eigenvalue weighted by molar-refractivity contribution is 6.31. The highest BCUT2D eigenvalue weighted by Crippen LogP contribution is 2.22. The quantitative estimate of drug-likeness (QED) is 0.493. The second-order valence-electron chi connectivity index (χ2n) is 6.48. The Morgan fingerprint density at radius 1 is 1.14 bits per heavy atom. The largest absolute Gasteiger partial charge is 0.361 e. The lowest BCUT2D eigenvalue weighted by atomic mass is 10.1. The molecule has 28 heavy (non-hydrogen) atoms. The summed E-state index contributed by atoms with van der Waals surface area (Å²) in [7, 11) is 0. The molecule has 0 saturated heterocycles. The van der Waals surface area contributed by atoms with Crippen molar-refractivity contribution in [3.8, 4) is 11.4 Å². The van der Waals surface area contributed by atoms with Gasteiger partial charge in [-0.05, 0) is 30.2 Å². The molecule has 6 nitrogen and oxygen atoms in total. The van der Waals surface area contributed by atoms with Gasteiger partial charge in [-0.25, -0.2) is 0 Å². The van der Waals surface area contributed by atoms with E-state index in [1.165, 1.54) is 0 Å². The zero-order valence-electron chi connectivity index (χ0n) is 15.1. The Labute approximate surface area is 166 Å². The average Bonchev–Trinajstić information content (AvgIpc) is 3.34. The highest BCUT2D eigenvalue weighted by Gasteiger charge is 2.11. The standard InChI is InChI=1S/C21H19ClN4O2/c22-16-6-7-18-17(12-16)15(13-24-18)10-11-23-19(27)8-9-20-25-21(26-28-20)14-4-2-1-3-5-14/h1-7,12-13,24H,8-11H2,(H,23,27). The summed E-state index contributed by atoms with van der Waals surface area (Å²) in [6, 6.07) is 15.3. The first-order valence-electron chi connectivity index (χ1n) is 9.09. The van der Waals surface area contributed by atoms with Crippen LogP contribution in [-0.4, -0.2) is 27.6 Å². The third kappa shape index (κ3) is 4.23. The summed E-state index contributed by atoms with van der Waals surface area (Å²) in [5, 5.41) is 8.68. The number of fused-ring (bicyclic) bond motifs is 1. The number of hydrogen-bond acceptors (Lipinski definition) is 4. The molecule has 0 spiro atoms. The SMILES string of the molecule is O=C(CCc1nc(-c2ccccc2)no1)NCCc1c[nH]c2ccc(Cl)cc12. The molecule has 0 aliphatic rings. The fourth-order valence-corrected chi connectivity index (χ4v) is 3.24. The van der Waals surface area contributed by atoms with E-state index in [2.05, 4.69) is 20.4 Å². The Bertz CT molecular complexity index is 1090. The predicted octanol–water partition coefficient (Wildman–Crippen LogP) is 4.16. The van der Waals surface area contributed by atoms with Crippen LogP contribution in [0.15, 0.2) is 59.3 Å². The van der Waals surface area contributed by atoms with Crippen LogP contribution in [-0.2, 0) is 17.6 Å². The number of carbonyl (C=O) groups excluding carboxylic acids is 1. The monoisotopic (exact) mass is 394 g/mol. The molecular weight excluding hydrogens is 376 g/mol. The summed E-state index contributed by atoms with van der Waals surface area (Å²) < 4.78 is 5.23. The molecular formula is C21H19ClN4O2. The molecule has 0 bridgehead atoms. The first kappa shape index (κ1) is 18.3. The fraction of sp³-hybridized carbons (Fsp3) is 0.190. The van der Waals surface area contributed by atoms with E-state index >= 15 is 0 Å². The van der Waals surface area contributed by atoms with Gasteiger partial charge in [-0.1, -0.05) is 47.1 Å². The van der Waals surface area contributed by atoms with E-state index in [0.29, 0.717) is 36.1 Å². The first-order chi connectivity index (χ1) is 13.7. The van der Waals surface area contributed by atoms with Crippen molar-refractivity contribution in [2.75, 3.05) is 6.54 Å². The summed E-state index contributed by atoms with van der Waals surface area (Å²) in [6.45, 7) is 0.553. The van der Waals surface area contributed by atoms with Crippen LogP contribution in [0, 0.1) is 0 Å². The van der Waals surface area contributed by atoms with Gasteiger partial charge in [0.15, 0.2) is 0 Å².